The number of hydrogen-bond acceptors (Lipinski definition) is 4. The standard InChI is InChI=1S/C23H17ClN2O3/c24-20-12-17(9-10-18(20)13-25)21(16-6-4-5-15(11-16)14-27)23(29,22(26)28)19-7-2-1-3-8-19/h1-12,14,21,29H,(H2,26,28). The Labute approximate surface area is 173 Å². The SMILES string of the molecule is N#Cc1ccc(C(c2cccc(C=O)c2)C(O)(C(N)=O)c2ccccc2)cc1Cl. The molecule has 3 aromatic rings. The number of nitrogens with zero attached hydrogens (tertiary/aromatic N) is 1. The second-order valence-electron chi connectivity index (χ2n) is 6.57. The van der Waals surface area contributed by atoms with Gasteiger partial charge in [0.15, 0.2) is 5.60 Å². The molecule has 3 rings (SSSR count). The lowest BCUT2D eigenvalue weighted by molar-refractivity contribution is -0.138. The fourth-order valence-electron chi connectivity index (χ4n) is 3.43. The fourth-order valence-corrected chi connectivity index (χ4v) is 3.66. The molecule has 0 radical (unpaired) electrons. The van der Waals surface area contributed by atoms with Crippen molar-refractivity contribution >= 4 is 23.8 Å². The molecule has 0 aromatic heterocycles. The van der Waals surface area contributed by atoms with E-state index in [-0.39, 0.29) is 10.6 Å². The Bertz CT molecular complexity index is 1110. The van der Waals surface area contributed by atoms with E-state index in [0.29, 0.717) is 28.5 Å². The van der Waals surface area contributed by atoms with Crippen LogP contribution in [-0.4, -0.2) is 17.3 Å². The van der Waals surface area contributed by atoms with Crippen LogP contribution in [0.3, 0.4) is 0 Å². The molecule has 144 valence electrons. The van der Waals surface area contributed by atoms with E-state index in [1.54, 1.807) is 60.7 Å². The van der Waals surface area contributed by atoms with Crippen LogP contribution in [0.2, 0.25) is 5.02 Å². The number of nitrogens with two attached hydrogens (primary N) is 1. The third-order valence-electron chi connectivity index (χ3n) is 4.83. The van der Waals surface area contributed by atoms with Gasteiger partial charge in [-0.3, -0.25) is 9.59 Å². The van der Waals surface area contributed by atoms with Crippen LogP contribution in [0, 0.1) is 11.3 Å². The second kappa shape index (κ2) is 8.27. The van der Waals surface area contributed by atoms with Crippen LogP contribution in [0.1, 0.15) is 38.5 Å². The molecule has 0 heterocycles. The smallest absolute Gasteiger partial charge is 0.255 e. The molecule has 0 aliphatic rings. The van der Waals surface area contributed by atoms with Gasteiger partial charge in [0.25, 0.3) is 5.91 Å². The highest BCUT2D eigenvalue weighted by molar-refractivity contribution is 6.31. The molecule has 0 aliphatic carbocycles. The molecule has 6 heteroatoms. The van der Waals surface area contributed by atoms with Gasteiger partial charge in [0.1, 0.15) is 12.4 Å². The van der Waals surface area contributed by atoms with Gasteiger partial charge in [-0.25, -0.2) is 0 Å². The van der Waals surface area contributed by atoms with Crippen LogP contribution in [0.5, 0.6) is 0 Å². The van der Waals surface area contributed by atoms with Crippen LogP contribution < -0.4 is 5.73 Å². The van der Waals surface area contributed by atoms with Crippen molar-refractivity contribution in [2.75, 3.05) is 0 Å². The summed E-state index contributed by atoms with van der Waals surface area (Å²) in [5.41, 5.74) is 5.49. The largest absolute Gasteiger partial charge is 0.375 e. The third-order valence-corrected chi connectivity index (χ3v) is 5.15. The highest BCUT2D eigenvalue weighted by Crippen LogP contribution is 2.43. The molecule has 3 N–H and O–H groups in total. The number of nitriles is 1. The van der Waals surface area contributed by atoms with Crippen LogP contribution in [0.15, 0.2) is 72.8 Å². The molecule has 0 bridgehead atoms. The highest BCUT2D eigenvalue weighted by Gasteiger charge is 2.46. The van der Waals surface area contributed by atoms with Gasteiger partial charge < -0.3 is 10.8 Å². The van der Waals surface area contributed by atoms with Crippen molar-refractivity contribution in [2.45, 2.75) is 11.5 Å². The van der Waals surface area contributed by atoms with Crippen LogP contribution in [-0.2, 0) is 10.4 Å². The molecular formula is C23H17ClN2O3. The Balaban J connectivity index is 2.32. The molecule has 2 atom stereocenters. The molecule has 0 saturated carbocycles. The second-order valence-corrected chi connectivity index (χ2v) is 6.98. The lowest BCUT2D eigenvalue weighted by Crippen LogP contribution is -2.46. The monoisotopic (exact) mass is 404 g/mol. The summed E-state index contributed by atoms with van der Waals surface area (Å²) < 4.78 is 0. The summed E-state index contributed by atoms with van der Waals surface area (Å²) in [6.45, 7) is 0. The molecule has 0 fully saturated rings. The molecule has 3 aromatic carbocycles. The Morgan fingerprint density at radius 1 is 1.07 bits per heavy atom. The summed E-state index contributed by atoms with van der Waals surface area (Å²) in [6, 6.07) is 21.5. The molecule has 0 aliphatic heterocycles. The van der Waals surface area contributed by atoms with Gasteiger partial charge in [-0.1, -0.05) is 66.2 Å². The van der Waals surface area contributed by atoms with E-state index >= 15 is 0 Å². The Morgan fingerprint density at radius 3 is 2.34 bits per heavy atom. The number of benzene rings is 3. The van der Waals surface area contributed by atoms with Crippen molar-refractivity contribution in [1.82, 2.24) is 0 Å². The van der Waals surface area contributed by atoms with Crippen molar-refractivity contribution in [1.29, 1.82) is 5.26 Å². The number of carbonyl (C=O) groups excluding carboxylic acids is 2. The minimum atomic E-state index is -2.12. The normalized spacial score (nSPS) is 13.7. The summed E-state index contributed by atoms with van der Waals surface area (Å²) in [6.07, 6.45) is 0.679. The molecule has 1 amide bonds. The zero-order chi connectivity index (χ0) is 21.0. The summed E-state index contributed by atoms with van der Waals surface area (Å²) in [4.78, 5) is 23.9. The van der Waals surface area contributed by atoms with Gasteiger partial charge >= 0.3 is 0 Å². The molecule has 0 spiro atoms. The van der Waals surface area contributed by atoms with E-state index in [9.17, 15) is 14.7 Å². The van der Waals surface area contributed by atoms with Crippen LogP contribution in [0.4, 0.5) is 0 Å². The van der Waals surface area contributed by atoms with E-state index in [4.69, 9.17) is 22.6 Å². The molecular weight excluding hydrogens is 388 g/mol. The van der Waals surface area contributed by atoms with Gasteiger partial charge in [0.05, 0.1) is 16.5 Å². The van der Waals surface area contributed by atoms with Crippen LogP contribution in [0.25, 0.3) is 0 Å². The average molecular weight is 405 g/mol. The first-order valence-electron chi connectivity index (χ1n) is 8.74. The lowest BCUT2D eigenvalue weighted by Gasteiger charge is -2.35. The number of carbonyl (C=O) groups is 2. The first-order chi connectivity index (χ1) is 13.9. The lowest BCUT2D eigenvalue weighted by atomic mass is 9.72. The number of rotatable bonds is 6. The maximum atomic E-state index is 12.6. The van der Waals surface area contributed by atoms with Gasteiger partial charge in [-0.05, 0) is 34.9 Å². The summed E-state index contributed by atoms with van der Waals surface area (Å²) >= 11 is 6.22. The van der Waals surface area contributed by atoms with Crippen molar-refractivity contribution in [3.63, 3.8) is 0 Å². The fraction of sp³-hybridized carbons (Fsp3) is 0.0870. The number of aldehydes is 1. The van der Waals surface area contributed by atoms with E-state index in [0.717, 1.165) is 0 Å². The van der Waals surface area contributed by atoms with Gasteiger partial charge in [0, 0.05) is 5.56 Å². The zero-order valence-electron chi connectivity index (χ0n) is 15.2. The quantitative estimate of drug-likeness (QED) is 0.613. The summed E-state index contributed by atoms with van der Waals surface area (Å²) in [5, 5.41) is 21.0. The summed E-state index contributed by atoms with van der Waals surface area (Å²) in [7, 11) is 0. The van der Waals surface area contributed by atoms with E-state index in [2.05, 4.69) is 0 Å². The van der Waals surface area contributed by atoms with Crippen molar-refractivity contribution in [3.8, 4) is 6.07 Å². The molecule has 2 unspecified atom stereocenters. The highest BCUT2D eigenvalue weighted by atomic mass is 35.5. The number of aliphatic hydroxyl groups is 1. The Morgan fingerprint density at radius 2 is 1.76 bits per heavy atom. The number of amides is 1. The molecule has 29 heavy (non-hydrogen) atoms. The maximum absolute atomic E-state index is 12.6. The summed E-state index contributed by atoms with van der Waals surface area (Å²) in [5.74, 6) is -1.92. The predicted molar refractivity (Wildman–Crippen MR) is 109 cm³/mol. The first kappa shape index (κ1) is 20.3. The van der Waals surface area contributed by atoms with E-state index in [1.807, 2.05) is 6.07 Å². The molecule has 0 saturated heterocycles. The number of primary amides is 1. The average Bonchev–Trinajstić information content (AvgIpc) is 2.74. The van der Waals surface area contributed by atoms with Crippen molar-refractivity contribution in [3.05, 3.63) is 106 Å². The number of halogens is 1. The van der Waals surface area contributed by atoms with Crippen molar-refractivity contribution in [2.24, 2.45) is 5.73 Å². The minimum absolute atomic E-state index is 0.182. The van der Waals surface area contributed by atoms with Crippen molar-refractivity contribution < 1.29 is 14.7 Å². The third kappa shape index (κ3) is 3.77. The number of hydrogen-bond donors (Lipinski definition) is 2. The van der Waals surface area contributed by atoms with Gasteiger partial charge in [0.2, 0.25) is 0 Å². The topological polar surface area (TPSA) is 104 Å². The Hall–Kier alpha value is -3.46. The minimum Gasteiger partial charge on any atom is -0.375 e. The van der Waals surface area contributed by atoms with E-state index < -0.39 is 17.4 Å². The van der Waals surface area contributed by atoms with Crippen LogP contribution >= 0.6 is 11.6 Å². The zero-order valence-corrected chi connectivity index (χ0v) is 16.0. The first-order valence-corrected chi connectivity index (χ1v) is 9.12. The predicted octanol–water partition coefficient (Wildman–Crippen LogP) is 3.53. The molecule has 5 nitrogen and oxygen atoms in total. The van der Waals surface area contributed by atoms with Gasteiger partial charge in [-0.15, -0.1) is 0 Å². The Kier molecular flexibility index (Phi) is 5.79. The van der Waals surface area contributed by atoms with Gasteiger partial charge in [-0.2, -0.15) is 5.26 Å². The maximum Gasteiger partial charge on any atom is 0.255 e. The van der Waals surface area contributed by atoms with E-state index in [1.165, 1.54) is 12.1 Å².